The standard InChI is InChI=1S/C30H39N3O4/c1-20-7-5-6-8-25(20)32-29-33(24-15-13-23(14-16-24)30(2,3)4)26(19-37-29)21-9-11-22(12-10-21)28(36)31-18-17-27(34)35/h5-12,23-24,26H,13-19H2,1-4H3,(H,31,36)(H,34,35). The molecule has 1 unspecified atom stereocenters. The largest absolute Gasteiger partial charge is 0.481 e. The van der Waals surface area contributed by atoms with Crippen molar-refractivity contribution in [2.45, 2.75) is 71.9 Å². The van der Waals surface area contributed by atoms with Crippen LogP contribution in [0.4, 0.5) is 5.69 Å². The number of nitrogens with one attached hydrogen (secondary N) is 1. The van der Waals surface area contributed by atoms with Crippen molar-refractivity contribution >= 4 is 23.6 Å². The third kappa shape index (κ3) is 6.51. The highest BCUT2D eigenvalue weighted by atomic mass is 16.5. The smallest absolute Gasteiger partial charge is 0.305 e. The predicted octanol–water partition coefficient (Wildman–Crippen LogP) is 5.87. The maximum absolute atomic E-state index is 12.4. The van der Waals surface area contributed by atoms with Gasteiger partial charge in [0.1, 0.15) is 6.61 Å². The molecule has 1 heterocycles. The van der Waals surface area contributed by atoms with Crippen molar-refractivity contribution in [2.75, 3.05) is 13.2 Å². The summed E-state index contributed by atoms with van der Waals surface area (Å²) in [4.78, 5) is 30.5. The number of carboxylic acids is 1. The number of benzene rings is 2. The highest BCUT2D eigenvalue weighted by Gasteiger charge is 2.40. The number of para-hydroxylation sites is 1. The van der Waals surface area contributed by atoms with Crippen molar-refractivity contribution in [3.8, 4) is 0 Å². The zero-order valence-electron chi connectivity index (χ0n) is 22.4. The lowest BCUT2D eigenvalue weighted by Crippen LogP contribution is -2.42. The van der Waals surface area contributed by atoms with E-state index in [1.54, 1.807) is 12.1 Å². The second-order valence-electron chi connectivity index (χ2n) is 11.3. The van der Waals surface area contributed by atoms with Crippen molar-refractivity contribution < 1.29 is 19.4 Å². The van der Waals surface area contributed by atoms with Gasteiger partial charge in [0.25, 0.3) is 11.9 Å². The molecule has 7 heteroatoms. The quantitative estimate of drug-likeness (QED) is 0.491. The van der Waals surface area contributed by atoms with Gasteiger partial charge in [-0.1, -0.05) is 51.1 Å². The van der Waals surface area contributed by atoms with Crippen LogP contribution in [0.25, 0.3) is 0 Å². The monoisotopic (exact) mass is 505 g/mol. The number of nitrogens with zero attached hydrogens (tertiary/aromatic N) is 2. The number of carbonyl (C=O) groups excluding carboxylic acids is 1. The van der Waals surface area contributed by atoms with Gasteiger partial charge in [-0.05, 0) is 73.3 Å². The molecule has 4 rings (SSSR count). The zero-order valence-corrected chi connectivity index (χ0v) is 22.4. The van der Waals surface area contributed by atoms with E-state index in [-0.39, 0.29) is 24.9 Å². The Morgan fingerprint density at radius 1 is 1.05 bits per heavy atom. The maximum Gasteiger partial charge on any atom is 0.305 e. The highest BCUT2D eigenvalue weighted by molar-refractivity contribution is 5.94. The van der Waals surface area contributed by atoms with E-state index in [1.807, 2.05) is 30.3 Å². The van der Waals surface area contributed by atoms with E-state index in [2.05, 4.69) is 44.0 Å². The first-order chi connectivity index (χ1) is 17.6. The fourth-order valence-corrected chi connectivity index (χ4v) is 5.45. The molecule has 1 amide bonds. The van der Waals surface area contributed by atoms with Crippen molar-refractivity contribution in [1.82, 2.24) is 10.2 Å². The van der Waals surface area contributed by atoms with Crippen molar-refractivity contribution in [1.29, 1.82) is 0 Å². The van der Waals surface area contributed by atoms with E-state index in [9.17, 15) is 9.59 Å². The number of amides is 1. The van der Waals surface area contributed by atoms with E-state index in [0.717, 1.165) is 29.7 Å². The van der Waals surface area contributed by atoms with Crippen LogP contribution in [-0.2, 0) is 9.53 Å². The number of aliphatic carboxylic acids is 1. The number of hydrogen-bond donors (Lipinski definition) is 2. The molecule has 37 heavy (non-hydrogen) atoms. The first kappa shape index (κ1) is 26.7. The topological polar surface area (TPSA) is 91.2 Å². The Morgan fingerprint density at radius 3 is 2.35 bits per heavy atom. The minimum Gasteiger partial charge on any atom is -0.481 e. The summed E-state index contributed by atoms with van der Waals surface area (Å²) in [5, 5.41) is 11.5. The van der Waals surface area contributed by atoms with Gasteiger partial charge in [-0.25, -0.2) is 0 Å². The molecule has 1 saturated heterocycles. The lowest BCUT2D eigenvalue weighted by molar-refractivity contribution is -0.136. The molecule has 2 aliphatic rings. The minimum absolute atomic E-state index is 0.0167. The molecule has 1 saturated carbocycles. The van der Waals surface area contributed by atoms with Gasteiger partial charge in [-0.2, -0.15) is 4.99 Å². The van der Waals surface area contributed by atoms with Gasteiger partial charge < -0.3 is 20.1 Å². The summed E-state index contributed by atoms with van der Waals surface area (Å²) < 4.78 is 6.23. The first-order valence-corrected chi connectivity index (χ1v) is 13.3. The molecule has 2 fully saturated rings. The average molecular weight is 506 g/mol. The van der Waals surface area contributed by atoms with Gasteiger partial charge in [0.05, 0.1) is 18.2 Å². The van der Waals surface area contributed by atoms with Gasteiger partial charge in [0, 0.05) is 18.2 Å². The molecular formula is C30H39N3O4. The summed E-state index contributed by atoms with van der Waals surface area (Å²) >= 11 is 0. The molecule has 0 aromatic heterocycles. The van der Waals surface area contributed by atoms with Crippen LogP contribution in [0.3, 0.4) is 0 Å². The van der Waals surface area contributed by atoms with Crippen molar-refractivity contribution in [3.05, 3.63) is 65.2 Å². The number of rotatable bonds is 7. The van der Waals surface area contributed by atoms with Crippen LogP contribution in [0.2, 0.25) is 0 Å². The number of aryl methyl sites for hydroxylation is 1. The summed E-state index contributed by atoms with van der Waals surface area (Å²) in [5.41, 5.74) is 3.93. The number of carboxylic acid groups (broad SMARTS) is 1. The van der Waals surface area contributed by atoms with Crippen LogP contribution >= 0.6 is 0 Å². The highest BCUT2D eigenvalue weighted by Crippen LogP contribution is 2.42. The zero-order chi connectivity index (χ0) is 26.6. The molecular weight excluding hydrogens is 466 g/mol. The molecule has 0 spiro atoms. The number of amidine groups is 1. The molecule has 0 bridgehead atoms. The minimum atomic E-state index is -0.934. The summed E-state index contributed by atoms with van der Waals surface area (Å²) in [6, 6.07) is 16.7. The van der Waals surface area contributed by atoms with E-state index < -0.39 is 5.97 Å². The van der Waals surface area contributed by atoms with Crippen LogP contribution in [0.15, 0.2) is 53.5 Å². The third-order valence-corrected chi connectivity index (χ3v) is 7.76. The Balaban J connectivity index is 1.56. The molecule has 2 aromatic rings. The number of aliphatic imine (C=N–C) groups is 1. The molecule has 1 atom stereocenters. The third-order valence-electron chi connectivity index (χ3n) is 7.76. The van der Waals surface area contributed by atoms with Crippen molar-refractivity contribution in [3.63, 3.8) is 0 Å². The average Bonchev–Trinajstić information content (AvgIpc) is 3.28. The SMILES string of the molecule is Cc1ccccc1N=C1OCC(c2ccc(C(=O)NCCC(=O)O)cc2)N1C1CCC(C(C)(C)C)CC1. The lowest BCUT2D eigenvalue weighted by atomic mass is 9.71. The first-order valence-electron chi connectivity index (χ1n) is 13.3. The Morgan fingerprint density at radius 2 is 1.73 bits per heavy atom. The normalized spacial score (nSPS) is 23.1. The second kappa shape index (κ2) is 11.4. The Labute approximate surface area is 219 Å². The number of carbonyl (C=O) groups is 2. The molecule has 7 nitrogen and oxygen atoms in total. The van der Waals surface area contributed by atoms with E-state index in [0.29, 0.717) is 35.6 Å². The fourth-order valence-electron chi connectivity index (χ4n) is 5.45. The number of ether oxygens (including phenoxy) is 1. The Hall–Kier alpha value is -3.35. The molecule has 2 N–H and O–H groups in total. The Bertz CT molecular complexity index is 1130. The maximum atomic E-state index is 12.4. The number of hydrogen-bond acceptors (Lipinski definition) is 4. The molecule has 1 aliphatic carbocycles. The van der Waals surface area contributed by atoms with E-state index >= 15 is 0 Å². The van der Waals surface area contributed by atoms with Crippen LogP contribution in [0, 0.1) is 18.3 Å². The van der Waals surface area contributed by atoms with Crippen LogP contribution < -0.4 is 5.32 Å². The van der Waals surface area contributed by atoms with Crippen LogP contribution in [0.5, 0.6) is 0 Å². The van der Waals surface area contributed by atoms with E-state index in [4.69, 9.17) is 14.8 Å². The lowest BCUT2D eigenvalue weighted by Gasteiger charge is -2.41. The van der Waals surface area contributed by atoms with Gasteiger partial charge in [0.2, 0.25) is 0 Å². The predicted molar refractivity (Wildman–Crippen MR) is 145 cm³/mol. The van der Waals surface area contributed by atoms with Gasteiger partial charge >= 0.3 is 5.97 Å². The van der Waals surface area contributed by atoms with Gasteiger partial charge in [0.15, 0.2) is 0 Å². The summed E-state index contributed by atoms with van der Waals surface area (Å²) in [6.07, 6.45) is 4.46. The van der Waals surface area contributed by atoms with Crippen molar-refractivity contribution in [2.24, 2.45) is 16.3 Å². The van der Waals surface area contributed by atoms with E-state index in [1.165, 1.54) is 12.8 Å². The molecule has 1 aliphatic heterocycles. The second-order valence-corrected chi connectivity index (χ2v) is 11.3. The van der Waals surface area contributed by atoms with Crippen LogP contribution in [-0.4, -0.2) is 47.1 Å². The molecule has 198 valence electrons. The summed E-state index contributed by atoms with van der Waals surface area (Å²) in [6.45, 7) is 9.69. The fraction of sp³-hybridized carbons (Fsp3) is 0.500. The Kier molecular flexibility index (Phi) is 8.20. The van der Waals surface area contributed by atoms with Crippen LogP contribution in [0.1, 0.15) is 80.4 Å². The molecule has 2 aromatic carbocycles. The van der Waals surface area contributed by atoms with Gasteiger partial charge in [-0.3, -0.25) is 9.59 Å². The molecule has 0 radical (unpaired) electrons. The van der Waals surface area contributed by atoms with Gasteiger partial charge in [-0.15, -0.1) is 0 Å². The summed E-state index contributed by atoms with van der Waals surface area (Å²) in [5.74, 6) is -0.493. The summed E-state index contributed by atoms with van der Waals surface area (Å²) in [7, 11) is 0.